The minimum atomic E-state index is -0.884. The van der Waals surface area contributed by atoms with Gasteiger partial charge in [-0.1, -0.05) is 37.3 Å². The van der Waals surface area contributed by atoms with Crippen LogP contribution in [0.2, 0.25) is 0 Å². The maximum absolute atomic E-state index is 12.6. The zero-order valence-corrected chi connectivity index (χ0v) is 18.0. The highest BCUT2D eigenvalue weighted by Gasteiger charge is 2.23. The van der Waals surface area contributed by atoms with Gasteiger partial charge in [0.1, 0.15) is 24.0 Å². The predicted octanol–water partition coefficient (Wildman–Crippen LogP) is 4.33. The highest BCUT2D eigenvalue weighted by Crippen LogP contribution is 2.29. The summed E-state index contributed by atoms with van der Waals surface area (Å²) in [5, 5.41) is 3.31. The molecule has 7 heteroatoms. The number of benzene rings is 2. The molecule has 0 bridgehead atoms. The molecule has 0 spiro atoms. The Bertz CT molecular complexity index is 1170. The van der Waals surface area contributed by atoms with Gasteiger partial charge in [-0.3, -0.25) is 0 Å². The summed E-state index contributed by atoms with van der Waals surface area (Å²) in [6, 6.07) is 11.8. The van der Waals surface area contributed by atoms with Crippen molar-refractivity contribution >= 4 is 23.0 Å². The van der Waals surface area contributed by atoms with E-state index >= 15 is 0 Å². The van der Waals surface area contributed by atoms with Crippen molar-refractivity contribution in [3.63, 3.8) is 0 Å². The second kappa shape index (κ2) is 9.47. The van der Waals surface area contributed by atoms with Gasteiger partial charge in [-0.25, -0.2) is 14.4 Å². The van der Waals surface area contributed by atoms with Crippen molar-refractivity contribution in [3.8, 4) is 5.75 Å². The van der Waals surface area contributed by atoms with Gasteiger partial charge in [0, 0.05) is 16.5 Å². The first-order chi connectivity index (χ1) is 14.8. The third kappa shape index (κ3) is 4.94. The Morgan fingerprint density at radius 1 is 1.00 bits per heavy atom. The molecule has 162 valence electrons. The molecule has 0 saturated heterocycles. The van der Waals surface area contributed by atoms with Gasteiger partial charge in [0.15, 0.2) is 0 Å². The summed E-state index contributed by atoms with van der Waals surface area (Å²) in [5.41, 5.74) is 2.69. The van der Waals surface area contributed by atoms with Crippen LogP contribution in [0.5, 0.6) is 5.75 Å². The fourth-order valence-electron chi connectivity index (χ4n) is 3.15. The standard InChI is InChI=1S/C24H25NO6/c1-5-19(25-24(28)29-13-17-9-7-6-8-10-17)23(27)30-20-12-11-18-14(2)15(3)22(26)31-21(18)16(20)4/h6-12,19H,5,13H2,1-4H3,(H,25,28)/t19-/m0/s1. The first-order valence-electron chi connectivity index (χ1n) is 10.0. The van der Waals surface area contributed by atoms with Gasteiger partial charge in [-0.15, -0.1) is 0 Å². The average Bonchev–Trinajstić information content (AvgIpc) is 2.77. The summed E-state index contributed by atoms with van der Waals surface area (Å²) in [7, 11) is 0. The molecule has 3 rings (SSSR count). The van der Waals surface area contributed by atoms with E-state index in [1.807, 2.05) is 37.3 Å². The van der Waals surface area contributed by atoms with Crippen molar-refractivity contribution < 1.29 is 23.5 Å². The first-order valence-corrected chi connectivity index (χ1v) is 10.0. The van der Waals surface area contributed by atoms with E-state index in [0.717, 1.165) is 16.5 Å². The van der Waals surface area contributed by atoms with Crippen LogP contribution < -0.4 is 15.7 Å². The lowest BCUT2D eigenvalue weighted by Gasteiger charge is -2.17. The number of amides is 1. The Kier molecular flexibility index (Phi) is 6.74. The summed E-state index contributed by atoms with van der Waals surface area (Å²) >= 11 is 0. The Labute approximate surface area is 180 Å². The largest absolute Gasteiger partial charge is 0.445 e. The van der Waals surface area contributed by atoms with E-state index in [0.29, 0.717) is 23.1 Å². The fraction of sp³-hybridized carbons (Fsp3) is 0.292. The SMILES string of the molecule is CC[C@H](NC(=O)OCc1ccccc1)C(=O)Oc1ccc2c(C)c(C)c(=O)oc2c1C. The molecule has 7 nitrogen and oxygen atoms in total. The fourth-order valence-corrected chi connectivity index (χ4v) is 3.15. The number of ether oxygens (including phenoxy) is 2. The molecular weight excluding hydrogens is 398 g/mol. The molecule has 1 aromatic heterocycles. The number of hydrogen-bond acceptors (Lipinski definition) is 6. The minimum Gasteiger partial charge on any atom is -0.445 e. The number of esters is 1. The van der Waals surface area contributed by atoms with Crippen LogP contribution in [-0.4, -0.2) is 18.1 Å². The number of carbonyl (C=O) groups excluding carboxylic acids is 2. The van der Waals surface area contributed by atoms with Crippen molar-refractivity contribution in [1.82, 2.24) is 5.32 Å². The van der Waals surface area contributed by atoms with Crippen LogP contribution in [0.3, 0.4) is 0 Å². The number of alkyl carbamates (subject to hydrolysis) is 1. The Balaban J connectivity index is 1.71. The van der Waals surface area contributed by atoms with Crippen LogP contribution >= 0.6 is 0 Å². The lowest BCUT2D eigenvalue weighted by Crippen LogP contribution is -2.42. The Hall–Kier alpha value is -3.61. The van der Waals surface area contributed by atoms with E-state index in [9.17, 15) is 14.4 Å². The Morgan fingerprint density at radius 3 is 2.39 bits per heavy atom. The number of nitrogens with one attached hydrogen (secondary N) is 1. The third-order valence-electron chi connectivity index (χ3n) is 5.23. The van der Waals surface area contributed by atoms with Gasteiger partial charge in [0.25, 0.3) is 0 Å². The summed E-state index contributed by atoms with van der Waals surface area (Å²) in [6.45, 7) is 7.11. The van der Waals surface area contributed by atoms with Crippen molar-refractivity contribution in [2.45, 2.75) is 46.8 Å². The molecule has 3 aromatic rings. The number of fused-ring (bicyclic) bond motifs is 1. The lowest BCUT2D eigenvalue weighted by molar-refractivity contribution is -0.136. The van der Waals surface area contributed by atoms with Crippen LogP contribution in [0.1, 0.15) is 35.6 Å². The van der Waals surface area contributed by atoms with E-state index in [-0.39, 0.29) is 12.4 Å². The zero-order chi connectivity index (χ0) is 22.5. The highest BCUT2D eigenvalue weighted by atomic mass is 16.6. The third-order valence-corrected chi connectivity index (χ3v) is 5.23. The summed E-state index contributed by atoms with van der Waals surface area (Å²) in [4.78, 5) is 36.8. The van der Waals surface area contributed by atoms with Gasteiger partial charge in [-0.2, -0.15) is 0 Å². The maximum Gasteiger partial charge on any atom is 0.408 e. The molecular formula is C24H25NO6. The van der Waals surface area contributed by atoms with Crippen LogP contribution in [-0.2, 0) is 16.1 Å². The van der Waals surface area contributed by atoms with E-state index in [4.69, 9.17) is 13.9 Å². The van der Waals surface area contributed by atoms with Gasteiger partial charge in [0.05, 0.1) is 0 Å². The Morgan fingerprint density at radius 2 is 1.71 bits per heavy atom. The second-order valence-corrected chi connectivity index (χ2v) is 7.29. The van der Waals surface area contributed by atoms with Crippen LogP contribution in [0.25, 0.3) is 11.0 Å². The molecule has 0 aliphatic heterocycles. The molecule has 0 unspecified atom stereocenters. The molecule has 0 aliphatic carbocycles. The summed E-state index contributed by atoms with van der Waals surface area (Å²) in [5.74, 6) is -0.366. The molecule has 0 saturated carbocycles. The smallest absolute Gasteiger partial charge is 0.408 e. The van der Waals surface area contributed by atoms with E-state index in [2.05, 4.69) is 5.32 Å². The van der Waals surface area contributed by atoms with Crippen molar-refractivity contribution in [2.24, 2.45) is 0 Å². The highest BCUT2D eigenvalue weighted by molar-refractivity contribution is 5.88. The first kappa shape index (κ1) is 22.1. The molecule has 0 radical (unpaired) electrons. The molecule has 31 heavy (non-hydrogen) atoms. The van der Waals surface area contributed by atoms with Gasteiger partial charge < -0.3 is 19.2 Å². The number of carbonyl (C=O) groups is 2. The van der Waals surface area contributed by atoms with Crippen LogP contribution in [0, 0.1) is 20.8 Å². The van der Waals surface area contributed by atoms with Gasteiger partial charge in [-0.05, 0) is 50.5 Å². The topological polar surface area (TPSA) is 94.8 Å². The zero-order valence-electron chi connectivity index (χ0n) is 18.0. The van der Waals surface area contributed by atoms with Gasteiger partial charge >= 0.3 is 17.7 Å². The average molecular weight is 423 g/mol. The predicted molar refractivity (Wildman–Crippen MR) is 116 cm³/mol. The van der Waals surface area contributed by atoms with Crippen molar-refractivity contribution in [1.29, 1.82) is 0 Å². The number of hydrogen-bond donors (Lipinski definition) is 1. The molecule has 2 aromatic carbocycles. The molecule has 0 aliphatic rings. The molecule has 1 N–H and O–H groups in total. The number of aryl methyl sites for hydroxylation is 2. The lowest BCUT2D eigenvalue weighted by atomic mass is 10.0. The van der Waals surface area contributed by atoms with E-state index in [1.165, 1.54) is 0 Å². The molecule has 0 fully saturated rings. The van der Waals surface area contributed by atoms with E-state index in [1.54, 1.807) is 32.9 Å². The normalized spacial score (nSPS) is 11.7. The molecule has 1 atom stereocenters. The van der Waals surface area contributed by atoms with Crippen molar-refractivity contribution in [2.75, 3.05) is 0 Å². The van der Waals surface area contributed by atoms with Crippen LogP contribution in [0.4, 0.5) is 4.79 Å². The van der Waals surface area contributed by atoms with Crippen molar-refractivity contribution in [3.05, 3.63) is 75.1 Å². The minimum absolute atomic E-state index is 0.0970. The quantitative estimate of drug-likeness (QED) is 0.360. The van der Waals surface area contributed by atoms with Crippen LogP contribution in [0.15, 0.2) is 51.7 Å². The second-order valence-electron chi connectivity index (χ2n) is 7.29. The summed E-state index contributed by atoms with van der Waals surface area (Å²) < 4.78 is 16.1. The molecule has 1 heterocycles. The maximum atomic E-state index is 12.6. The number of rotatable bonds is 6. The monoisotopic (exact) mass is 423 g/mol. The molecule has 1 amide bonds. The summed E-state index contributed by atoms with van der Waals surface area (Å²) in [6.07, 6.45) is -0.390. The van der Waals surface area contributed by atoms with E-state index < -0.39 is 23.7 Å². The van der Waals surface area contributed by atoms with Gasteiger partial charge in [0.2, 0.25) is 0 Å².